The zero-order valence-corrected chi connectivity index (χ0v) is 18.0. The fraction of sp³-hybridized carbons (Fsp3) is 0.389. The van der Waals surface area contributed by atoms with E-state index in [1.54, 1.807) is 6.07 Å². The number of thioether (sulfide) groups is 1. The van der Waals surface area contributed by atoms with Gasteiger partial charge >= 0.3 is 6.18 Å². The van der Waals surface area contributed by atoms with Gasteiger partial charge in [-0.15, -0.1) is 11.8 Å². The first-order chi connectivity index (χ1) is 13.7. The summed E-state index contributed by atoms with van der Waals surface area (Å²) >= 11 is 4.66. The van der Waals surface area contributed by atoms with Gasteiger partial charge in [0.1, 0.15) is 17.1 Å². The molecule has 1 aliphatic carbocycles. The van der Waals surface area contributed by atoms with Crippen LogP contribution in [0.15, 0.2) is 32.5 Å². The highest BCUT2D eigenvalue weighted by molar-refractivity contribution is 9.10. The number of nitrogens with zero attached hydrogens (tertiary/aromatic N) is 2. The van der Waals surface area contributed by atoms with Crippen molar-refractivity contribution in [3.05, 3.63) is 44.5 Å². The van der Waals surface area contributed by atoms with Crippen LogP contribution in [0.5, 0.6) is 0 Å². The number of hydrogen-bond acceptors (Lipinski definition) is 5. The highest BCUT2D eigenvalue weighted by Gasteiger charge is 2.40. The molecule has 0 spiro atoms. The molecule has 0 atom stereocenters. The van der Waals surface area contributed by atoms with Crippen molar-refractivity contribution in [2.24, 2.45) is 0 Å². The first-order valence-electron chi connectivity index (χ1n) is 8.81. The van der Waals surface area contributed by atoms with Gasteiger partial charge in [-0.3, -0.25) is 14.2 Å². The molecule has 0 bridgehead atoms. The number of rotatable bonds is 6. The molecular weight excluding hydrogens is 473 g/mol. The number of carbonyl (C=O) groups excluding carboxylic acids is 1. The number of pyridine rings is 2. The topological polar surface area (TPSA) is 76.0 Å². The SMILES string of the molecule is CCSc1cc(Br)cnc1C(=O)Nc1cc(C(F)(F)F)n(C2CC2)c(=O)c1NC. The molecule has 1 aliphatic rings. The van der Waals surface area contributed by atoms with Crippen LogP contribution in [-0.4, -0.2) is 28.3 Å². The summed E-state index contributed by atoms with van der Waals surface area (Å²) < 4.78 is 42.2. The van der Waals surface area contributed by atoms with E-state index in [0.29, 0.717) is 28.0 Å². The van der Waals surface area contributed by atoms with Crippen LogP contribution in [0.1, 0.15) is 42.0 Å². The Bertz CT molecular complexity index is 1010. The molecule has 2 N–H and O–H groups in total. The molecule has 2 aromatic rings. The largest absolute Gasteiger partial charge is 0.431 e. The van der Waals surface area contributed by atoms with Gasteiger partial charge in [0, 0.05) is 28.7 Å². The van der Waals surface area contributed by atoms with E-state index in [0.717, 1.165) is 10.6 Å². The zero-order chi connectivity index (χ0) is 21.3. The molecule has 29 heavy (non-hydrogen) atoms. The first kappa shape index (κ1) is 21.7. The Hall–Kier alpha value is -2.01. The lowest BCUT2D eigenvalue weighted by atomic mass is 10.2. The first-order valence-corrected chi connectivity index (χ1v) is 10.6. The maximum absolute atomic E-state index is 13.6. The second kappa shape index (κ2) is 8.39. The highest BCUT2D eigenvalue weighted by atomic mass is 79.9. The van der Waals surface area contributed by atoms with Gasteiger partial charge in [0.15, 0.2) is 0 Å². The standard InChI is InChI=1S/C18H18BrF3N4O2S/c1-3-29-12-6-9(19)8-24-15(12)16(27)25-11-7-13(18(20,21)22)26(10-4-5-10)17(28)14(11)23-2/h6-8,10,23H,3-5H2,1-2H3,(H,25,27). The number of anilines is 2. The Kier molecular flexibility index (Phi) is 6.27. The maximum atomic E-state index is 13.6. The minimum Gasteiger partial charge on any atom is -0.382 e. The van der Waals surface area contributed by atoms with Gasteiger partial charge in [-0.05, 0) is 46.7 Å². The molecule has 0 saturated heterocycles. The van der Waals surface area contributed by atoms with Crippen LogP contribution in [0.25, 0.3) is 0 Å². The van der Waals surface area contributed by atoms with Gasteiger partial charge in [-0.1, -0.05) is 6.92 Å². The summed E-state index contributed by atoms with van der Waals surface area (Å²) in [4.78, 5) is 30.2. The molecular formula is C18H18BrF3N4O2S. The molecule has 156 valence electrons. The predicted octanol–water partition coefficient (Wildman–Crippen LogP) is 4.77. The molecule has 1 saturated carbocycles. The van der Waals surface area contributed by atoms with Crippen LogP contribution >= 0.6 is 27.7 Å². The van der Waals surface area contributed by atoms with Gasteiger partial charge in [0.2, 0.25) is 0 Å². The summed E-state index contributed by atoms with van der Waals surface area (Å²) in [5.74, 6) is -0.0165. The molecule has 1 fully saturated rings. The van der Waals surface area contributed by atoms with Crippen LogP contribution in [0.4, 0.5) is 24.5 Å². The van der Waals surface area contributed by atoms with Gasteiger partial charge in [-0.25, -0.2) is 4.98 Å². The minimum absolute atomic E-state index is 0.0713. The summed E-state index contributed by atoms with van der Waals surface area (Å²) in [7, 11) is 1.42. The fourth-order valence-corrected chi connectivity index (χ4v) is 4.20. The van der Waals surface area contributed by atoms with E-state index in [9.17, 15) is 22.8 Å². The lowest BCUT2D eigenvalue weighted by Crippen LogP contribution is -2.31. The van der Waals surface area contributed by atoms with E-state index < -0.39 is 29.4 Å². The van der Waals surface area contributed by atoms with Crippen molar-refractivity contribution >= 4 is 45.0 Å². The third-order valence-electron chi connectivity index (χ3n) is 4.28. The van der Waals surface area contributed by atoms with Crippen molar-refractivity contribution in [2.45, 2.75) is 36.9 Å². The molecule has 6 nitrogen and oxygen atoms in total. The Balaban J connectivity index is 2.06. The van der Waals surface area contributed by atoms with Crippen molar-refractivity contribution in [2.75, 3.05) is 23.4 Å². The molecule has 2 aromatic heterocycles. The fourth-order valence-electron chi connectivity index (χ4n) is 2.92. The molecule has 2 heterocycles. The van der Waals surface area contributed by atoms with Gasteiger partial charge in [0.25, 0.3) is 11.5 Å². The van der Waals surface area contributed by atoms with Crippen LogP contribution in [-0.2, 0) is 6.18 Å². The second-order valence-corrected chi connectivity index (χ2v) is 8.58. The molecule has 1 amide bonds. The van der Waals surface area contributed by atoms with Crippen molar-refractivity contribution in [1.29, 1.82) is 0 Å². The lowest BCUT2D eigenvalue weighted by Gasteiger charge is -2.19. The van der Waals surface area contributed by atoms with Crippen LogP contribution in [0.2, 0.25) is 0 Å². The summed E-state index contributed by atoms with van der Waals surface area (Å²) in [5.41, 5.74) is -2.15. The number of alkyl halides is 3. The van der Waals surface area contributed by atoms with Crippen molar-refractivity contribution < 1.29 is 18.0 Å². The Morgan fingerprint density at radius 2 is 2.07 bits per heavy atom. The number of aromatic nitrogens is 2. The van der Waals surface area contributed by atoms with Crippen LogP contribution < -0.4 is 16.2 Å². The Morgan fingerprint density at radius 3 is 2.62 bits per heavy atom. The number of nitrogens with one attached hydrogen (secondary N) is 2. The quantitative estimate of drug-likeness (QED) is 0.570. The molecule has 0 aromatic carbocycles. The van der Waals surface area contributed by atoms with Gasteiger partial charge in [0.05, 0.1) is 5.69 Å². The van der Waals surface area contributed by atoms with E-state index >= 15 is 0 Å². The van der Waals surface area contributed by atoms with Crippen molar-refractivity contribution in [3.63, 3.8) is 0 Å². The summed E-state index contributed by atoms with van der Waals surface area (Å²) in [5, 5.41) is 5.05. The predicted molar refractivity (Wildman–Crippen MR) is 110 cm³/mol. The molecule has 0 aliphatic heterocycles. The Morgan fingerprint density at radius 1 is 1.38 bits per heavy atom. The van der Waals surface area contributed by atoms with E-state index in [1.165, 1.54) is 25.0 Å². The maximum Gasteiger partial charge on any atom is 0.431 e. The minimum atomic E-state index is -4.73. The van der Waals surface area contributed by atoms with Crippen LogP contribution in [0.3, 0.4) is 0 Å². The smallest absolute Gasteiger partial charge is 0.382 e. The zero-order valence-electron chi connectivity index (χ0n) is 15.6. The molecule has 11 heteroatoms. The number of halogens is 4. The second-order valence-electron chi connectivity index (χ2n) is 6.36. The molecule has 3 rings (SSSR count). The number of carbonyl (C=O) groups is 1. The Labute approximate surface area is 177 Å². The van der Waals surface area contributed by atoms with E-state index in [4.69, 9.17) is 0 Å². The summed E-state index contributed by atoms with van der Waals surface area (Å²) in [6, 6.07) is 2.03. The summed E-state index contributed by atoms with van der Waals surface area (Å²) in [6.07, 6.45) is -2.27. The van der Waals surface area contributed by atoms with Gasteiger partial charge in [-0.2, -0.15) is 13.2 Å². The number of hydrogen-bond donors (Lipinski definition) is 2. The molecule has 0 radical (unpaired) electrons. The third-order valence-corrected chi connectivity index (χ3v) is 5.62. The average Bonchev–Trinajstić information content (AvgIpc) is 3.46. The summed E-state index contributed by atoms with van der Waals surface area (Å²) in [6.45, 7) is 1.90. The average molecular weight is 491 g/mol. The van der Waals surface area contributed by atoms with Crippen molar-refractivity contribution in [3.8, 4) is 0 Å². The monoisotopic (exact) mass is 490 g/mol. The lowest BCUT2D eigenvalue weighted by molar-refractivity contribution is -0.144. The van der Waals surface area contributed by atoms with Crippen molar-refractivity contribution in [1.82, 2.24) is 9.55 Å². The molecule has 0 unspecified atom stereocenters. The van der Waals surface area contributed by atoms with Crippen LogP contribution in [0, 0.1) is 0 Å². The normalized spacial score (nSPS) is 14.0. The van der Waals surface area contributed by atoms with E-state index in [1.807, 2.05) is 6.92 Å². The highest BCUT2D eigenvalue weighted by Crippen LogP contribution is 2.41. The van der Waals surface area contributed by atoms with Gasteiger partial charge < -0.3 is 10.6 Å². The van der Waals surface area contributed by atoms with E-state index in [-0.39, 0.29) is 17.1 Å². The number of amides is 1. The van der Waals surface area contributed by atoms with E-state index in [2.05, 4.69) is 31.5 Å². The third kappa shape index (κ3) is 4.61.